The lowest BCUT2D eigenvalue weighted by Crippen LogP contribution is -2.19. The maximum Gasteiger partial charge on any atom is 0.305 e. The van der Waals surface area contributed by atoms with Gasteiger partial charge in [-0.2, -0.15) is 0 Å². The second-order valence-corrected chi connectivity index (χ2v) is 5.28. The molecule has 0 saturated carbocycles. The van der Waals surface area contributed by atoms with Crippen LogP contribution in [0.5, 0.6) is 0 Å². The number of ether oxygens (including phenoxy) is 1. The van der Waals surface area contributed by atoms with E-state index < -0.39 is 0 Å². The molecule has 0 amide bonds. The largest absolute Gasteiger partial charge is 0.466 e. The summed E-state index contributed by atoms with van der Waals surface area (Å²) in [5.41, 5.74) is 2.74. The van der Waals surface area contributed by atoms with Crippen LogP contribution in [-0.2, 0) is 16.1 Å². The lowest BCUT2D eigenvalue weighted by molar-refractivity contribution is -0.143. The Morgan fingerprint density at radius 2 is 1.95 bits per heavy atom. The Hall–Kier alpha value is -1.35. The summed E-state index contributed by atoms with van der Waals surface area (Å²) in [6, 6.07) is 8.51. The minimum atomic E-state index is -0.0687. The molecule has 20 heavy (non-hydrogen) atoms. The Bertz CT molecular complexity index is 404. The number of nitrogens with zero attached hydrogens (tertiary/aromatic N) is 1. The molecule has 0 saturated heterocycles. The molecule has 1 aromatic carbocycles. The molecule has 0 unspecified atom stereocenters. The van der Waals surface area contributed by atoms with Crippen molar-refractivity contribution in [1.82, 2.24) is 4.90 Å². The average Bonchev–Trinajstić information content (AvgIpc) is 2.41. The molecule has 0 aliphatic rings. The summed E-state index contributed by atoms with van der Waals surface area (Å²) in [6.45, 7) is 6.54. The van der Waals surface area contributed by atoms with Crippen molar-refractivity contribution in [1.29, 1.82) is 0 Å². The highest BCUT2D eigenvalue weighted by molar-refractivity contribution is 5.69. The van der Waals surface area contributed by atoms with Gasteiger partial charge in [0.25, 0.3) is 0 Å². The van der Waals surface area contributed by atoms with E-state index in [-0.39, 0.29) is 5.97 Å². The summed E-state index contributed by atoms with van der Waals surface area (Å²) in [5, 5.41) is 0. The van der Waals surface area contributed by atoms with Crippen LogP contribution >= 0.6 is 0 Å². The first kappa shape index (κ1) is 16.7. The van der Waals surface area contributed by atoms with Gasteiger partial charge >= 0.3 is 5.97 Å². The van der Waals surface area contributed by atoms with Gasteiger partial charge in [0.15, 0.2) is 0 Å². The molecule has 0 spiro atoms. The summed E-state index contributed by atoms with van der Waals surface area (Å²) in [4.78, 5) is 13.5. The van der Waals surface area contributed by atoms with Crippen LogP contribution in [0.3, 0.4) is 0 Å². The van der Waals surface area contributed by atoms with Gasteiger partial charge in [-0.15, -0.1) is 0 Å². The maximum absolute atomic E-state index is 11.2. The molecule has 0 bridgehead atoms. The topological polar surface area (TPSA) is 29.5 Å². The van der Waals surface area contributed by atoms with Gasteiger partial charge < -0.3 is 9.64 Å². The summed E-state index contributed by atoms with van der Waals surface area (Å²) < 4.78 is 4.91. The third-order valence-electron chi connectivity index (χ3n) is 3.43. The van der Waals surface area contributed by atoms with Crippen LogP contribution in [0.25, 0.3) is 0 Å². The summed E-state index contributed by atoms with van der Waals surface area (Å²) in [6.07, 6.45) is 3.69. The van der Waals surface area contributed by atoms with E-state index >= 15 is 0 Å². The van der Waals surface area contributed by atoms with Crippen LogP contribution in [0.2, 0.25) is 0 Å². The molecular formula is C17H27NO2. The smallest absolute Gasteiger partial charge is 0.305 e. The molecule has 0 aliphatic carbocycles. The normalized spacial score (nSPS) is 10.8. The van der Waals surface area contributed by atoms with E-state index in [1.165, 1.54) is 11.1 Å². The number of rotatable bonds is 9. The lowest BCUT2D eigenvalue weighted by Gasteiger charge is -2.17. The van der Waals surface area contributed by atoms with E-state index in [4.69, 9.17) is 4.74 Å². The van der Waals surface area contributed by atoms with E-state index in [2.05, 4.69) is 43.1 Å². The third-order valence-corrected chi connectivity index (χ3v) is 3.43. The van der Waals surface area contributed by atoms with Gasteiger partial charge in [0.2, 0.25) is 0 Å². The van der Waals surface area contributed by atoms with Crippen molar-refractivity contribution in [3.8, 4) is 0 Å². The van der Waals surface area contributed by atoms with E-state index in [0.717, 1.165) is 32.4 Å². The molecule has 112 valence electrons. The fraction of sp³-hybridized carbons (Fsp3) is 0.588. The van der Waals surface area contributed by atoms with Crippen molar-refractivity contribution in [3.63, 3.8) is 0 Å². The first-order valence-electron chi connectivity index (χ1n) is 7.52. The molecule has 0 radical (unpaired) electrons. The highest BCUT2D eigenvalue weighted by atomic mass is 16.5. The molecule has 1 aromatic rings. The van der Waals surface area contributed by atoms with Crippen molar-refractivity contribution in [2.24, 2.45) is 0 Å². The number of benzene rings is 1. The quantitative estimate of drug-likeness (QED) is 0.510. The van der Waals surface area contributed by atoms with Crippen LogP contribution in [0.4, 0.5) is 0 Å². The van der Waals surface area contributed by atoms with Crippen molar-refractivity contribution in [2.45, 2.75) is 46.1 Å². The van der Waals surface area contributed by atoms with Gasteiger partial charge in [-0.25, -0.2) is 0 Å². The van der Waals surface area contributed by atoms with E-state index in [1.54, 1.807) is 0 Å². The molecule has 0 fully saturated rings. The number of hydrogen-bond donors (Lipinski definition) is 0. The second kappa shape index (κ2) is 9.54. The summed E-state index contributed by atoms with van der Waals surface area (Å²) in [7, 11) is 2.15. The van der Waals surface area contributed by atoms with Gasteiger partial charge in [0, 0.05) is 13.0 Å². The zero-order valence-electron chi connectivity index (χ0n) is 13.0. The maximum atomic E-state index is 11.2. The average molecular weight is 277 g/mol. The molecule has 0 heterocycles. The predicted molar refractivity (Wildman–Crippen MR) is 82.6 cm³/mol. The van der Waals surface area contributed by atoms with Crippen molar-refractivity contribution >= 4 is 5.97 Å². The highest BCUT2D eigenvalue weighted by Crippen LogP contribution is 2.10. The first-order chi connectivity index (χ1) is 9.63. The number of carbonyl (C=O) groups is 1. The van der Waals surface area contributed by atoms with Gasteiger partial charge in [0.1, 0.15) is 0 Å². The van der Waals surface area contributed by atoms with Crippen LogP contribution < -0.4 is 0 Å². The van der Waals surface area contributed by atoms with Gasteiger partial charge in [0.05, 0.1) is 6.61 Å². The van der Waals surface area contributed by atoms with E-state index in [0.29, 0.717) is 13.0 Å². The molecule has 0 aromatic heterocycles. The zero-order chi connectivity index (χ0) is 14.8. The molecule has 0 atom stereocenters. The number of esters is 1. The van der Waals surface area contributed by atoms with E-state index in [9.17, 15) is 4.79 Å². The fourth-order valence-electron chi connectivity index (χ4n) is 2.22. The SMILES string of the molecule is CCOC(=O)CCCCCN(C)Cc1ccccc1C. The number of hydrogen-bond acceptors (Lipinski definition) is 3. The molecule has 1 rings (SSSR count). The van der Waals surface area contributed by atoms with Crippen molar-refractivity contribution in [2.75, 3.05) is 20.2 Å². The molecule has 0 N–H and O–H groups in total. The lowest BCUT2D eigenvalue weighted by atomic mass is 10.1. The number of unbranched alkanes of at least 4 members (excludes halogenated alkanes) is 2. The second-order valence-electron chi connectivity index (χ2n) is 5.28. The Kier molecular flexibility index (Phi) is 7.97. The van der Waals surface area contributed by atoms with Crippen LogP contribution in [0.15, 0.2) is 24.3 Å². The standard InChI is InChI=1S/C17H27NO2/c1-4-20-17(19)12-6-5-9-13-18(3)14-16-11-8-7-10-15(16)2/h7-8,10-11H,4-6,9,12-14H2,1-3H3. The summed E-state index contributed by atoms with van der Waals surface area (Å²) >= 11 is 0. The monoisotopic (exact) mass is 277 g/mol. The molecular weight excluding hydrogens is 250 g/mol. The van der Waals surface area contributed by atoms with Gasteiger partial charge in [-0.1, -0.05) is 30.7 Å². The Balaban J connectivity index is 2.13. The Morgan fingerprint density at radius 3 is 2.65 bits per heavy atom. The Morgan fingerprint density at radius 1 is 1.20 bits per heavy atom. The summed E-state index contributed by atoms with van der Waals surface area (Å²) in [5.74, 6) is -0.0687. The minimum absolute atomic E-state index is 0.0687. The highest BCUT2D eigenvalue weighted by Gasteiger charge is 2.04. The minimum Gasteiger partial charge on any atom is -0.466 e. The van der Waals surface area contributed by atoms with Gasteiger partial charge in [-0.05, 0) is 51.4 Å². The predicted octanol–water partition coefficient (Wildman–Crippen LogP) is 3.55. The van der Waals surface area contributed by atoms with Gasteiger partial charge in [-0.3, -0.25) is 4.79 Å². The van der Waals surface area contributed by atoms with Crippen molar-refractivity contribution < 1.29 is 9.53 Å². The Labute approximate surface area is 122 Å². The van der Waals surface area contributed by atoms with Crippen LogP contribution in [-0.4, -0.2) is 31.1 Å². The third kappa shape index (κ3) is 6.71. The molecule has 3 heteroatoms. The first-order valence-corrected chi connectivity index (χ1v) is 7.52. The van der Waals surface area contributed by atoms with E-state index in [1.807, 2.05) is 6.92 Å². The van der Waals surface area contributed by atoms with Crippen LogP contribution in [0, 0.1) is 6.92 Å². The number of aryl methyl sites for hydroxylation is 1. The number of carbonyl (C=O) groups excluding carboxylic acids is 1. The molecule has 3 nitrogen and oxygen atoms in total. The molecule has 0 aliphatic heterocycles. The van der Waals surface area contributed by atoms with Crippen molar-refractivity contribution in [3.05, 3.63) is 35.4 Å². The zero-order valence-corrected chi connectivity index (χ0v) is 13.0. The fourth-order valence-corrected chi connectivity index (χ4v) is 2.22. The van der Waals surface area contributed by atoms with Crippen LogP contribution in [0.1, 0.15) is 43.7 Å².